The summed E-state index contributed by atoms with van der Waals surface area (Å²) in [7, 11) is 0. The van der Waals surface area contributed by atoms with Crippen LogP contribution in [0.25, 0.3) is 0 Å². The Bertz CT molecular complexity index is 1390. The minimum atomic E-state index is -0.980. The molecule has 5 rings (SSSR count). The molecule has 3 heterocycles. The molecule has 0 saturated carbocycles. The first-order chi connectivity index (χ1) is 21.5. The number of piperazine rings is 1. The third-order valence-electron chi connectivity index (χ3n) is 9.46. The van der Waals surface area contributed by atoms with Gasteiger partial charge in [0.25, 0.3) is 0 Å². The van der Waals surface area contributed by atoms with Crippen LogP contribution >= 0.6 is 0 Å². The standard InChI is InChI=1S/C33H45FN6O5/c1-22-16-38(27(18-39(22)32(43)44)17-37-12-13-45-20-23(37)2)19-30(41)40-21-33(3,31(42)36-11-10-35)28-9-6-25(15-29(28)40)14-24-4-7-26(34)8-5-24/h4-9,15,22-23,27H,10-14,16-21,35H2,1-3H3,(H,36,42)(H,43,44)/t22-,23?,27+,33?/m1/s1. The number of anilines is 1. The van der Waals surface area contributed by atoms with Crippen molar-refractivity contribution >= 4 is 23.6 Å². The van der Waals surface area contributed by atoms with Crippen molar-refractivity contribution in [3.05, 3.63) is 65.0 Å². The summed E-state index contributed by atoms with van der Waals surface area (Å²) in [6.07, 6.45) is -0.421. The highest BCUT2D eigenvalue weighted by atomic mass is 19.1. The van der Waals surface area contributed by atoms with E-state index in [9.17, 15) is 23.9 Å². The van der Waals surface area contributed by atoms with Gasteiger partial charge >= 0.3 is 6.09 Å². The molecule has 4 atom stereocenters. The molecule has 11 nitrogen and oxygen atoms in total. The summed E-state index contributed by atoms with van der Waals surface area (Å²) in [6.45, 7) is 10.0. The largest absolute Gasteiger partial charge is 0.465 e. The summed E-state index contributed by atoms with van der Waals surface area (Å²) < 4.78 is 19.1. The number of rotatable bonds is 9. The minimum Gasteiger partial charge on any atom is -0.465 e. The molecule has 4 N–H and O–H groups in total. The lowest BCUT2D eigenvalue weighted by Crippen LogP contribution is -2.64. The number of ether oxygens (including phenoxy) is 1. The lowest BCUT2D eigenvalue weighted by Gasteiger charge is -2.47. The number of benzene rings is 2. The maximum atomic E-state index is 14.3. The summed E-state index contributed by atoms with van der Waals surface area (Å²) in [5.41, 5.74) is 8.00. The van der Waals surface area contributed by atoms with Gasteiger partial charge in [0.15, 0.2) is 0 Å². The smallest absolute Gasteiger partial charge is 0.407 e. The molecule has 3 amide bonds. The number of hydrogen-bond donors (Lipinski definition) is 3. The lowest BCUT2D eigenvalue weighted by molar-refractivity contribution is -0.126. The van der Waals surface area contributed by atoms with E-state index < -0.39 is 11.5 Å². The molecular formula is C33H45FN6O5. The maximum Gasteiger partial charge on any atom is 0.407 e. The number of carboxylic acid groups (broad SMARTS) is 1. The van der Waals surface area contributed by atoms with Crippen LogP contribution in [0.4, 0.5) is 14.9 Å². The topological polar surface area (TPSA) is 132 Å². The highest BCUT2D eigenvalue weighted by molar-refractivity contribution is 6.03. The van der Waals surface area contributed by atoms with Crippen molar-refractivity contribution in [1.82, 2.24) is 20.0 Å². The van der Waals surface area contributed by atoms with Crippen LogP contribution in [0.5, 0.6) is 0 Å². The van der Waals surface area contributed by atoms with Crippen LogP contribution in [0.3, 0.4) is 0 Å². The Hall–Kier alpha value is -3.58. The highest BCUT2D eigenvalue weighted by Crippen LogP contribution is 2.42. The first kappa shape index (κ1) is 32.8. The number of carbonyl (C=O) groups excluding carboxylic acids is 2. The van der Waals surface area contributed by atoms with Gasteiger partial charge in [0, 0.05) is 69.6 Å². The summed E-state index contributed by atoms with van der Waals surface area (Å²) in [4.78, 5) is 47.4. The molecule has 0 aromatic heterocycles. The van der Waals surface area contributed by atoms with Crippen LogP contribution in [0.15, 0.2) is 42.5 Å². The molecule has 45 heavy (non-hydrogen) atoms. The van der Waals surface area contributed by atoms with Crippen molar-refractivity contribution in [2.24, 2.45) is 5.73 Å². The molecule has 3 aliphatic rings. The third-order valence-corrected chi connectivity index (χ3v) is 9.46. The van der Waals surface area contributed by atoms with Crippen molar-refractivity contribution in [1.29, 1.82) is 0 Å². The summed E-state index contributed by atoms with van der Waals surface area (Å²) >= 11 is 0. The Morgan fingerprint density at radius 3 is 2.49 bits per heavy atom. The number of fused-ring (bicyclic) bond motifs is 1. The zero-order chi connectivity index (χ0) is 32.3. The first-order valence-corrected chi connectivity index (χ1v) is 15.7. The zero-order valence-electron chi connectivity index (χ0n) is 26.4. The second-order valence-electron chi connectivity index (χ2n) is 12.8. The fourth-order valence-electron chi connectivity index (χ4n) is 6.80. The number of morpholine rings is 1. The van der Waals surface area contributed by atoms with Gasteiger partial charge < -0.3 is 30.7 Å². The second-order valence-corrected chi connectivity index (χ2v) is 12.8. The molecule has 2 aromatic carbocycles. The molecule has 0 spiro atoms. The number of nitrogens with zero attached hydrogens (tertiary/aromatic N) is 4. The molecule has 3 aliphatic heterocycles. The number of nitrogens with two attached hydrogens (primary N) is 1. The van der Waals surface area contributed by atoms with Crippen LogP contribution in [-0.4, -0.2) is 121 Å². The fourth-order valence-corrected chi connectivity index (χ4v) is 6.80. The molecule has 2 fully saturated rings. The van der Waals surface area contributed by atoms with Gasteiger partial charge in [-0.05, 0) is 62.1 Å². The van der Waals surface area contributed by atoms with Gasteiger partial charge in [0.2, 0.25) is 11.8 Å². The van der Waals surface area contributed by atoms with E-state index >= 15 is 0 Å². The van der Waals surface area contributed by atoms with E-state index in [-0.39, 0.29) is 48.8 Å². The fraction of sp³-hybridized carbons (Fsp3) is 0.545. The Kier molecular flexibility index (Phi) is 10.1. The molecule has 2 aromatic rings. The Labute approximate surface area is 264 Å². The summed E-state index contributed by atoms with van der Waals surface area (Å²) in [6, 6.07) is 11.9. The summed E-state index contributed by atoms with van der Waals surface area (Å²) in [5.74, 6) is -0.649. The van der Waals surface area contributed by atoms with Gasteiger partial charge in [-0.1, -0.05) is 24.3 Å². The quantitative estimate of drug-likeness (QED) is 0.386. The number of halogens is 1. The number of carbonyl (C=O) groups is 3. The predicted molar refractivity (Wildman–Crippen MR) is 169 cm³/mol. The highest BCUT2D eigenvalue weighted by Gasteiger charge is 2.47. The van der Waals surface area contributed by atoms with Gasteiger partial charge in [0.05, 0.1) is 25.2 Å². The molecule has 0 bridgehead atoms. The van der Waals surface area contributed by atoms with E-state index in [1.807, 2.05) is 32.0 Å². The van der Waals surface area contributed by atoms with Crippen LogP contribution < -0.4 is 16.0 Å². The van der Waals surface area contributed by atoms with Gasteiger partial charge in [-0.3, -0.25) is 19.4 Å². The van der Waals surface area contributed by atoms with E-state index in [4.69, 9.17) is 10.5 Å². The first-order valence-electron chi connectivity index (χ1n) is 15.7. The van der Waals surface area contributed by atoms with Crippen LogP contribution in [0.2, 0.25) is 0 Å². The Morgan fingerprint density at radius 2 is 1.80 bits per heavy atom. The predicted octanol–water partition coefficient (Wildman–Crippen LogP) is 1.87. The van der Waals surface area contributed by atoms with E-state index in [1.54, 1.807) is 17.0 Å². The van der Waals surface area contributed by atoms with Crippen molar-refractivity contribution in [3.8, 4) is 0 Å². The number of hydrogen-bond acceptors (Lipinski definition) is 7. The number of amides is 3. The van der Waals surface area contributed by atoms with Gasteiger partial charge in [-0.15, -0.1) is 0 Å². The minimum absolute atomic E-state index is 0.0866. The van der Waals surface area contributed by atoms with E-state index in [0.717, 1.165) is 23.2 Å². The van der Waals surface area contributed by atoms with Gasteiger partial charge in [-0.2, -0.15) is 0 Å². The molecule has 2 unspecified atom stereocenters. The normalized spacial score (nSPS) is 25.7. The molecule has 244 valence electrons. The third kappa shape index (κ3) is 7.14. The maximum absolute atomic E-state index is 14.3. The molecule has 12 heteroatoms. The monoisotopic (exact) mass is 624 g/mol. The van der Waals surface area contributed by atoms with Crippen molar-refractivity contribution < 1.29 is 28.6 Å². The second kappa shape index (κ2) is 13.8. The zero-order valence-corrected chi connectivity index (χ0v) is 26.4. The van der Waals surface area contributed by atoms with Crippen LogP contribution in [-0.2, 0) is 26.2 Å². The van der Waals surface area contributed by atoms with Crippen molar-refractivity contribution in [2.45, 2.75) is 50.7 Å². The molecular weight excluding hydrogens is 579 g/mol. The Morgan fingerprint density at radius 1 is 1.07 bits per heavy atom. The average molecular weight is 625 g/mol. The van der Waals surface area contributed by atoms with Crippen molar-refractivity contribution in [3.63, 3.8) is 0 Å². The number of nitrogens with one attached hydrogen (secondary N) is 1. The molecule has 0 radical (unpaired) electrons. The van der Waals surface area contributed by atoms with Crippen molar-refractivity contribution in [2.75, 3.05) is 70.5 Å². The van der Waals surface area contributed by atoms with E-state index in [0.29, 0.717) is 58.0 Å². The average Bonchev–Trinajstić information content (AvgIpc) is 3.32. The van der Waals surface area contributed by atoms with E-state index in [2.05, 4.69) is 22.0 Å². The van der Waals surface area contributed by atoms with Gasteiger partial charge in [-0.25, -0.2) is 9.18 Å². The van der Waals surface area contributed by atoms with E-state index in [1.165, 1.54) is 17.0 Å². The van der Waals surface area contributed by atoms with Crippen LogP contribution in [0.1, 0.15) is 37.5 Å². The SMILES string of the molecule is CC1COCCN1C[C@H]1CN(C(=O)O)[C@H](C)CN1CC(=O)N1CC(C)(C(=O)NCCN)c2ccc(Cc3ccc(F)cc3)cc21. The van der Waals surface area contributed by atoms with Crippen LogP contribution in [0, 0.1) is 5.82 Å². The summed E-state index contributed by atoms with van der Waals surface area (Å²) in [5, 5.41) is 12.8. The van der Waals surface area contributed by atoms with Gasteiger partial charge in [0.1, 0.15) is 5.82 Å². The molecule has 0 aliphatic carbocycles. The Balaban J connectivity index is 1.42. The molecule has 2 saturated heterocycles. The lowest BCUT2D eigenvalue weighted by atomic mass is 9.83.